The fraction of sp³-hybridized carbons (Fsp3) is 0.412. The predicted molar refractivity (Wildman–Crippen MR) is 90.6 cm³/mol. The molecule has 0 bridgehead atoms. The Kier molecular flexibility index (Phi) is 5.60. The molecule has 25 heavy (non-hydrogen) atoms. The lowest BCUT2D eigenvalue weighted by atomic mass is 10.1. The maximum absolute atomic E-state index is 13.4. The van der Waals surface area contributed by atoms with Gasteiger partial charge in [-0.3, -0.25) is 0 Å². The SMILES string of the molecule is Cc1cnc(CCNC(=O)N2CCO[C@@H](c3ccc(F)c(F)c3)C2)s1. The molecule has 2 aromatic rings. The number of amides is 2. The zero-order chi connectivity index (χ0) is 17.8. The van der Waals surface area contributed by atoms with Crippen LogP contribution >= 0.6 is 11.3 Å². The Bertz CT molecular complexity index is 753. The first kappa shape index (κ1) is 17.8. The van der Waals surface area contributed by atoms with Crippen molar-refractivity contribution >= 4 is 17.4 Å². The van der Waals surface area contributed by atoms with Crippen LogP contribution in [0.15, 0.2) is 24.4 Å². The van der Waals surface area contributed by atoms with Gasteiger partial charge in [-0.25, -0.2) is 18.6 Å². The van der Waals surface area contributed by atoms with Crippen molar-refractivity contribution in [1.29, 1.82) is 0 Å². The van der Waals surface area contributed by atoms with Crippen LogP contribution in [0.1, 0.15) is 21.6 Å². The van der Waals surface area contributed by atoms with Gasteiger partial charge in [0.1, 0.15) is 6.10 Å². The van der Waals surface area contributed by atoms with Crippen molar-refractivity contribution in [3.05, 3.63) is 51.5 Å². The number of aryl methyl sites for hydroxylation is 1. The molecule has 1 aromatic carbocycles. The molecule has 1 N–H and O–H groups in total. The summed E-state index contributed by atoms with van der Waals surface area (Å²) in [6, 6.07) is 3.48. The normalized spacial score (nSPS) is 17.6. The first-order valence-electron chi connectivity index (χ1n) is 8.03. The molecule has 0 radical (unpaired) electrons. The summed E-state index contributed by atoms with van der Waals surface area (Å²) in [5, 5.41) is 3.85. The standard InChI is InChI=1S/C17H19F2N3O2S/c1-11-9-21-16(25-11)4-5-20-17(23)22-6-7-24-15(10-22)12-2-3-13(18)14(19)8-12/h2-3,8-9,15H,4-7,10H2,1H3,(H,20,23)/t15-/m1/s1. The molecule has 1 fully saturated rings. The predicted octanol–water partition coefficient (Wildman–Crippen LogP) is 3.06. The number of benzene rings is 1. The van der Waals surface area contributed by atoms with E-state index in [9.17, 15) is 13.6 Å². The summed E-state index contributed by atoms with van der Waals surface area (Å²) in [5.74, 6) is -1.81. The van der Waals surface area contributed by atoms with E-state index in [0.717, 1.165) is 22.0 Å². The van der Waals surface area contributed by atoms with E-state index in [1.807, 2.05) is 13.1 Å². The Morgan fingerprint density at radius 1 is 1.44 bits per heavy atom. The van der Waals surface area contributed by atoms with E-state index in [1.54, 1.807) is 16.2 Å². The van der Waals surface area contributed by atoms with Crippen molar-refractivity contribution in [2.75, 3.05) is 26.2 Å². The van der Waals surface area contributed by atoms with Gasteiger partial charge in [0, 0.05) is 30.6 Å². The third-order valence-electron chi connectivity index (χ3n) is 3.95. The number of carbonyl (C=O) groups is 1. The van der Waals surface area contributed by atoms with Gasteiger partial charge in [0.05, 0.1) is 18.2 Å². The van der Waals surface area contributed by atoms with Gasteiger partial charge in [0.15, 0.2) is 11.6 Å². The summed E-state index contributed by atoms with van der Waals surface area (Å²) in [5.41, 5.74) is 0.523. The van der Waals surface area contributed by atoms with E-state index < -0.39 is 17.7 Å². The molecule has 134 valence electrons. The number of ether oxygens (including phenoxy) is 1. The molecule has 0 spiro atoms. The fourth-order valence-corrected chi connectivity index (χ4v) is 3.44. The Labute approximate surface area is 148 Å². The minimum atomic E-state index is -0.915. The Balaban J connectivity index is 1.53. The van der Waals surface area contributed by atoms with Crippen LogP contribution in [0.3, 0.4) is 0 Å². The Morgan fingerprint density at radius 3 is 3.00 bits per heavy atom. The number of halogens is 2. The summed E-state index contributed by atoms with van der Waals surface area (Å²) < 4.78 is 32.0. The Morgan fingerprint density at radius 2 is 2.28 bits per heavy atom. The molecule has 0 saturated carbocycles. The summed E-state index contributed by atoms with van der Waals surface area (Å²) in [6.45, 7) is 3.60. The topological polar surface area (TPSA) is 54.5 Å². The van der Waals surface area contributed by atoms with Gasteiger partial charge in [-0.1, -0.05) is 6.07 Å². The van der Waals surface area contributed by atoms with Crippen molar-refractivity contribution in [2.45, 2.75) is 19.4 Å². The van der Waals surface area contributed by atoms with Gasteiger partial charge >= 0.3 is 6.03 Å². The minimum absolute atomic E-state index is 0.191. The van der Waals surface area contributed by atoms with Crippen molar-refractivity contribution in [1.82, 2.24) is 15.2 Å². The number of carbonyl (C=O) groups excluding carboxylic acids is 1. The molecule has 1 saturated heterocycles. The van der Waals surface area contributed by atoms with E-state index in [-0.39, 0.29) is 6.03 Å². The lowest BCUT2D eigenvalue weighted by Gasteiger charge is -2.33. The average Bonchev–Trinajstić information content (AvgIpc) is 3.02. The number of hydrogen-bond acceptors (Lipinski definition) is 4. The van der Waals surface area contributed by atoms with Crippen LogP contribution in [-0.2, 0) is 11.2 Å². The van der Waals surface area contributed by atoms with Gasteiger partial charge in [0.25, 0.3) is 0 Å². The van der Waals surface area contributed by atoms with Gasteiger partial charge in [-0.2, -0.15) is 0 Å². The number of urea groups is 1. The molecule has 1 aliphatic rings. The van der Waals surface area contributed by atoms with E-state index in [2.05, 4.69) is 10.3 Å². The lowest BCUT2D eigenvalue weighted by Crippen LogP contribution is -2.47. The zero-order valence-corrected chi connectivity index (χ0v) is 14.6. The highest BCUT2D eigenvalue weighted by Crippen LogP contribution is 2.23. The van der Waals surface area contributed by atoms with Crippen LogP contribution in [0, 0.1) is 18.6 Å². The first-order valence-corrected chi connectivity index (χ1v) is 8.85. The number of hydrogen-bond donors (Lipinski definition) is 1. The summed E-state index contributed by atoms with van der Waals surface area (Å²) in [6.07, 6.45) is 2.04. The molecule has 2 amide bonds. The second kappa shape index (κ2) is 7.88. The van der Waals surface area contributed by atoms with Crippen molar-refractivity contribution in [3.63, 3.8) is 0 Å². The fourth-order valence-electron chi connectivity index (χ4n) is 2.65. The zero-order valence-electron chi connectivity index (χ0n) is 13.8. The quantitative estimate of drug-likeness (QED) is 0.904. The van der Waals surface area contributed by atoms with Crippen LogP contribution in [0.25, 0.3) is 0 Å². The highest BCUT2D eigenvalue weighted by Gasteiger charge is 2.26. The molecule has 8 heteroatoms. The van der Waals surface area contributed by atoms with E-state index in [0.29, 0.717) is 38.2 Å². The van der Waals surface area contributed by atoms with Gasteiger partial charge < -0.3 is 15.0 Å². The van der Waals surface area contributed by atoms with Crippen LogP contribution in [0.5, 0.6) is 0 Å². The lowest BCUT2D eigenvalue weighted by molar-refractivity contribution is -0.0155. The van der Waals surface area contributed by atoms with E-state index >= 15 is 0 Å². The third-order valence-corrected chi connectivity index (χ3v) is 4.93. The third kappa shape index (κ3) is 4.52. The molecule has 3 rings (SSSR count). The highest BCUT2D eigenvalue weighted by molar-refractivity contribution is 7.11. The molecule has 5 nitrogen and oxygen atoms in total. The summed E-state index contributed by atoms with van der Waals surface area (Å²) >= 11 is 1.61. The second-order valence-electron chi connectivity index (χ2n) is 5.83. The van der Waals surface area contributed by atoms with Crippen LogP contribution < -0.4 is 5.32 Å². The summed E-state index contributed by atoms with van der Waals surface area (Å²) in [4.78, 5) is 19.3. The largest absolute Gasteiger partial charge is 0.370 e. The van der Waals surface area contributed by atoms with Crippen LogP contribution in [0.2, 0.25) is 0 Å². The monoisotopic (exact) mass is 367 g/mol. The number of morpholine rings is 1. The molecular weight excluding hydrogens is 348 g/mol. The minimum Gasteiger partial charge on any atom is -0.370 e. The Hall–Kier alpha value is -2.06. The van der Waals surface area contributed by atoms with E-state index in [4.69, 9.17) is 4.74 Å². The highest BCUT2D eigenvalue weighted by atomic mass is 32.1. The summed E-state index contributed by atoms with van der Waals surface area (Å²) in [7, 11) is 0. The molecule has 0 aliphatic carbocycles. The van der Waals surface area contributed by atoms with Gasteiger partial charge in [0.2, 0.25) is 0 Å². The van der Waals surface area contributed by atoms with Crippen LogP contribution in [0.4, 0.5) is 13.6 Å². The molecule has 1 atom stereocenters. The second-order valence-corrected chi connectivity index (χ2v) is 7.14. The molecular formula is C17H19F2N3O2S. The average molecular weight is 367 g/mol. The van der Waals surface area contributed by atoms with Crippen LogP contribution in [-0.4, -0.2) is 42.2 Å². The molecule has 1 aliphatic heterocycles. The smallest absolute Gasteiger partial charge is 0.317 e. The molecule has 0 unspecified atom stereocenters. The maximum atomic E-state index is 13.4. The molecule has 1 aromatic heterocycles. The van der Waals surface area contributed by atoms with Crippen molar-refractivity contribution in [2.24, 2.45) is 0 Å². The van der Waals surface area contributed by atoms with Crippen molar-refractivity contribution in [3.8, 4) is 0 Å². The number of thiazole rings is 1. The van der Waals surface area contributed by atoms with E-state index in [1.165, 1.54) is 6.07 Å². The van der Waals surface area contributed by atoms with Gasteiger partial charge in [-0.15, -0.1) is 11.3 Å². The number of rotatable bonds is 4. The maximum Gasteiger partial charge on any atom is 0.317 e. The number of nitrogens with one attached hydrogen (secondary N) is 1. The van der Waals surface area contributed by atoms with Gasteiger partial charge in [-0.05, 0) is 24.6 Å². The molecule has 2 heterocycles. The number of nitrogens with zero attached hydrogens (tertiary/aromatic N) is 2. The number of aromatic nitrogens is 1. The van der Waals surface area contributed by atoms with Crippen molar-refractivity contribution < 1.29 is 18.3 Å². The first-order chi connectivity index (χ1) is 12.0.